The van der Waals surface area contributed by atoms with Gasteiger partial charge < -0.3 is 39.7 Å². The average Bonchev–Trinajstić information content (AvgIpc) is 3.31. The molecule has 5 aliphatic rings. The molecule has 5 N–H and O–H groups in total. The van der Waals surface area contributed by atoms with Crippen molar-refractivity contribution in [1.82, 2.24) is 0 Å². The fourth-order valence-corrected chi connectivity index (χ4v) is 12.3. The number of ether oxygens (including phenoxy) is 3. The fourth-order valence-electron chi connectivity index (χ4n) is 12.3. The Labute approximate surface area is 282 Å². The van der Waals surface area contributed by atoms with Gasteiger partial charge in [-0.3, -0.25) is 4.79 Å². The number of allylic oxidation sites excluding steroid dienone is 2. The first-order chi connectivity index (χ1) is 21.7. The largest absolute Gasteiger partial charge is 0.454 e. The van der Waals surface area contributed by atoms with E-state index in [0.29, 0.717) is 12.8 Å². The van der Waals surface area contributed by atoms with Crippen molar-refractivity contribution in [3.63, 3.8) is 0 Å². The minimum absolute atomic E-state index is 0.0109. The van der Waals surface area contributed by atoms with E-state index in [4.69, 9.17) is 14.2 Å². The Morgan fingerprint density at radius 3 is 2.23 bits per heavy atom. The van der Waals surface area contributed by atoms with E-state index in [-0.39, 0.29) is 51.4 Å². The normalized spacial score (nSPS) is 48.8. The van der Waals surface area contributed by atoms with Crippen molar-refractivity contribution in [1.29, 1.82) is 0 Å². The lowest BCUT2D eigenvalue weighted by Gasteiger charge is -2.71. The number of hydrogen-bond donors (Lipinski definition) is 5. The van der Waals surface area contributed by atoms with Gasteiger partial charge in [0.2, 0.25) is 0 Å². The van der Waals surface area contributed by atoms with Crippen molar-refractivity contribution < 1.29 is 44.5 Å². The van der Waals surface area contributed by atoms with Crippen LogP contribution in [0.25, 0.3) is 0 Å². The summed E-state index contributed by atoms with van der Waals surface area (Å²) in [6.45, 7) is 18.7. The zero-order valence-electron chi connectivity index (χ0n) is 30.4. The van der Waals surface area contributed by atoms with Gasteiger partial charge >= 0.3 is 5.97 Å². The van der Waals surface area contributed by atoms with Crippen LogP contribution in [0.5, 0.6) is 0 Å². The predicted molar refractivity (Wildman–Crippen MR) is 178 cm³/mol. The van der Waals surface area contributed by atoms with E-state index in [1.807, 2.05) is 6.92 Å². The van der Waals surface area contributed by atoms with Crippen LogP contribution in [0.1, 0.15) is 120 Å². The molecule has 9 heteroatoms. The van der Waals surface area contributed by atoms with Gasteiger partial charge in [-0.15, -0.1) is 0 Å². The summed E-state index contributed by atoms with van der Waals surface area (Å²) in [5, 5.41) is 55.2. The lowest BCUT2D eigenvalue weighted by atomic mass is 9.35. The van der Waals surface area contributed by atoms with Crippen LogP contribution in [-0.4, -0.2) is 86.6 Å². The molecule has 47 heavy (non-hydrogen) atoms. The molecule has 0 amide bonds. The van der Waals surface area contributed by atoms with Crippen molar-refractivity contribution in [2.24, 2.45) is 45.3 Å². The van der Waals surface area contributed by atoms with Gasteiger partial charge in [-0.2, -0.15) is 0 Å². The predicted octanol–water partition coefficient (Wildman–Crippen LogP) is 4.90. The molecule has 0 radical (unpaired) electrons. The highest BCUT2D eigenvalue weighted by Crippen LogP contribution is 2.76. The Balaban J connectivity index is 1.39. The van der Waals surface area contributed by atoms with Crippen molar-refractivity contribution in [2.45, 2.75) is 169 Å². The summed E-state index contributed by atoms with van der Waals surface area (Å²) < 4.78 is 17.9. The third-order valence-corrected chi connectivity index (χ3v) is 14.7. The maximum atomic E-state index is 12.2. The summed E-state index contributed by atoms with van der Waals surface area (Å²) in [6, 6.07) is 0. The van der Waals surface area contributed by atoms with E-state index in [1.165, 1.54) is 12.5 Å². The molecular weight excluding hydrogens is 600 g/mol. The highest BCUT2D eigenvalue weighted by molar-refractivity contribution is 5.66. The maximum Gasteiger partial charge on any atom is 0.303 e. The second-order valence-corrected chi connectivity index (χ2v) is 17.9. The Bertz CT molecular complexity index is 1180. The lowest BCUT2D eigenvalue weighted by Crippen LogP contribution is -2.68. The Morgan fingerprint density at radius 2 is 1.62 bits per heavy atom. The Morgan fingerprint density at radius 1 is 0.957 bits per heavy atom. The van der Waals surface area contributed by atoms with Crippen LogP contribution >= 0.6 is 0 Å². The summed E-state index contributed by atoms with van der Waals surface area (Å²) in [7, 11) is 0. The maximum absolute atomic E-state index is 12.2. The standard InChI is InChI=1S/C38H64O9/c1-21(2)11-10-15-38(9,44)23-12-17-36(7)24(23)19-25(41)32-35(6)16-14-28(34(4,5)27(35)13-18-37(32,36)8)47-33-31(45-22(3)40)30(43)29(42)26(20-39)46-33/h11,23-33,39,41-44H,10,12-20H2,1-9H3. The molecule has 0 aromatic rings. The molecule has 0 aromatic heterocycles. The number of carbonyl (C=O) groups is 1. The van der Waals surface area contributed by atoms with Crippen LogP contribution in [0.4, 0.5) is 0 Å². The molecule has 0 bridgehead atoms. The Hall–Kier alpha value is -1.07. The summed E-state index contributed by atoms with van der Waals surface area (Å²) >= 11 is 0. The molecule has 5 fully saturated rings. The van der Waals surface area contributed by atoms with Crippen molar-refractivity contribution in [3.8, 4) is 0 Å². The number of aliphatic hydroxyl groups excluding tert-OH is 4. The molecule has 4 aliphatic carbocycles. The number of hydrogen-bond acceptors (Lipinski definition) is 9. The van der Waals surface area contributed by atoms with Crippen LogP contribution in [-0.2, 0) is 19.0 Å². The van der Waals surface area contributed by atoms with Crippen LogP contribution < -0.4 is 0 Å². The Kier molecular flexibility index (Phi) is 10.2. The smallest absolute Gasteiger partial charge is 0.303 e. The van der Waals surface area contributed by atoms with Crippen LogP contribution in [0, 0.1) is 45.3 Å². The molecule has 15 atom stereocenters. The van der Waals surface area contributed by atoms with Crippen LogP contribution in [0.15, 0.2) is 11.6 Å². The summed E-state index contributed by atoms with van der Waals surface area (Å²) in [5.41, 5.74) is -0.0827. The number of fused-ring (bicyclic) bond motifs is 5. The van der Waals surface area contributed by atoms with Gasteiger partial charge in [0.15, 0.2) is 12.4 Å². The van der Waals surface area contributed by atoms with Crippen LogP contribution in [0.2, 0.25) is 0 Å². The summed E-state index contributed by atoms with van der Waals surface area (Å²) in [6.07, 6.45) is 2.99. The first-order valence-corrected chi connectivity index (χ1v) is 18.2. The summed E-state index contributed by atoms with van der Waals surface area (Å²) in [4.78, 5) is 11.9. The van der Waals surface area contributed by atoms with E-state index >= 15 is 0 Å². The average molecular weight is 665 g/mol. The van der Waals surface area contributed by atoms with Gasteiger partial charge in [0.25, 0.3) is 0 Å². The molecule has 5 rings (SSSR count). The molecule has 0 spiro atoms. The molecule has 1 heterocycles. The SMILES string of the molecule is CC(=O)OC1C(OC2CCC3(C)C(CCC4(C)C3C(O)CC3C(C(C)(O)CCC=C(C)C)CCC34C)C2(C)C)OC(CO)C(O)C1O. The number of aliphatic hydroxyl groups is 5. The molecule has 15 unspecified atom stereocenters. The molecule has 4 saturated carbocycles. The number of carbonyl (C=O) groups excluding carboxylic acids is 1. The molecule has 1 aliphatic heterocycles. The van der Waals surface area contributed by atoms with Crippen molar-refractivity contribution >= 4 is 5.97 Å². The summed E-state index contributed by atoms with van der Waals surface area (Å²) in [5.74, 6) is 0.126. The molecule has 0 aromatic carbocycles. The van der Waals surface area contributed by atoms with E-state index in [0.717, 1.165) is 44.9 Å². The highest BCUT2D eigenvalue weighted by atomic mass is 16.7. The van der Waals surface area contributed by atoms with Gasteiger partial charge in [-0.1, -0.05) is 46.3 Å². The topological polar surface area (TPSA) is 146 Å². The second-order valence-electron chi connectivity index (χ2n) is 17.9. The molecule has 9 nitrogen and oxygen atoms in total. The molecular formula is C38H64O9. The number of esters is 1. The van der Waals surface area contributed by atoms with E-state index in [2.05, 4.69) is 54.5 Å². The van der Waals surface area contributed by atoms with Gasteiger partial charge in [-0.05, 0) is 124 Å². The van der Waals surface area contributed by atoms with Gasteiger partial charge in [0, 0.05) is 6.92 Å². The first kappa shape index (κ1) is 37.2. The van der Waals surface area contributed by atoms with Gasteiger partial charge in [0.05, 0.1) is 24.4 Å². The van der Waals surface area contributed by atoms with Crippen molar-refractivity contribution in [2.75, 3.05) is 6.61 Å². The van der Waals surface area contributed by atoms with Crippen molar-refractivity contribution in [3.05, 3.63) is 11.6 Å². The quantitative estimate of drug-likeness (QED) is 0.139. The number of rotatable bonds is 8. The molecule has 270 valence electrons. The zero-order valence-corrected chi connectivity index (χ0v) is 30.4. The lowest BCUT2D eigenvalue weighted by molar-refractivity contribution is -0.334. The van der Waals surface area contributed by atoms with Gasteiger partial charge in [-0.25, -0.2) is 0 Å². The fraction of sp³-hybridized carbons (Fsp3) is 0.921. The minimum Gasteiger partial charge on any atom is -0.454 e. The minimum atomic E-state index is -1.46. The monoisotopic (exact) mass is 664 g/mol. The van der Waals surface area contributed by atoms with E-state index in [9.17, 15) is 30.3 Å². The molecule has 1 saturated heterocycles. The van der Waals surface area contributed by atoms with Gasteiger partial charge in [0.1, 0.15) is 18.3 Å². The highest BCUT2D eigenvalue weighted by Gasteiger charge is 2.71. The third-order valence-electron chi connectivity index (χ3n) is 14.7. The van der Waals surface area contributed by atoms with Crippen LogP contribution in [0.3, 0.4) is 0 Å². The van der Waals surface area contributed by atoms with E-state index in [1.54, 1.807) is 0 Å². The zero-order chi connectivity index (χ0) is 34.9. The second kappa shape index (κ2) is 12.9. The third kappa shape index (κ3) is 6.06. The first-order valence-electron chi connectivity index (χ1n) is 18.2. The van der Waals surface area contributed by atoms with E-state index < -0.39 is 55.0 Å².